The smallest absolute Gasteiger partial charge is 0.252 e. The van der Waals surface area contributed by atoms with Gasteiger partial charge in [0.05, 0.1) is 17.9 Å². The Bertz CT molecular complexity index is 1160. The molecule has 0 aromatic carbocycles. The van der Waals surface area contributed by atoms with Crippen molar-refractivity contribution < 1.29 is 9.59 Å². The van der Waals surface area contributed by atoms with Gasteiger partial charge in [-0.25, -0.2) is 0 Å². The fourth-order valence-corrected chi connectivity index (χ4v) is 4.16. The van der Waals surface area contributed by atoms with Gasteiger partial charge in [-0.3, -0.25) is 25.0 Å². The van der Waals surface area contributed by atoms with Gasteiger partial charge in [0.2, 0.25) is 11.0 Å². The number of nitrogens with two attached hydrogens (primary N) is 1. The van der Waals surface area contributed by atoms with Gasteiger partial charge >= 0.3 is 0 Å². The highest BCUT2D eigenvalue weighted by atomic mass is 32.2. The maximum Gasteiger partial charge on any atom is 0.252 e. The van der Waals surface area contributed by atoms with Crippen molar-refractivity contribution >= 4 is 50.3 Å². The van der Waals surface area contributed by atoms with Crippen LogP contribution in [0.2, 0.25) is 0 Å². The molecule has 4 rings (SSSR count). The summed E-state index contributed by atoms with van der Waals surface area (Å²) in [6.07, 6.45) is 10.7. The molecule has 1 fully saturated rings. The monoisotopic (exact) mass is 510 g/mol. The van der Waals surface area contributed by atoms with E-state index in [-0.39, 0.29) is 23.4 Å². The van der Waals surface area contributed by atoms with Gasteiger partial charge in [-0.05, 0) is 60.7 Å². The second-order valence-corrected chi connectivity index (χ2v) is 10.1. The number of nitrogens with one attached hydrogen (secondary N) is 2. The van der Waals surface area contributed by atoms with Crippen molar-refractivity contribution in [2.75, 3.05) is 5.32 Å². The quantitative estimate of drug-likeness (QED) is 0.322. The van der Waals surface area contributed by atoms with Crippen molar-refractivity contribution in [2.45, 2.75) is 39.0 Å². The fourth-order valence-electron chi connectivity index (χ4n) is 2.83. The number of aliphatic imine (C=N–C) groups is 1. The maximum atomic E-state index is 11.8. The number of amidine groups is 1. The second-order valence-electron chi connectivity index (χ2n) is 7.77. The van der Waals surface area contributed by atoms with Crippen LogP contribution in [0.25, 0.3) is 0 Å². The molecule has 3 aromatic heterocycles. The number of pyridine rings is 2. The molecule has 12 heteroatoms. The first-order chi connectivity index (χ1) is 16.9. The molecule has 35 heavy (non-hydrogen) atoms. The highest BCUT2D eigenvalue weighted by Gasteiger charge is 2.23. The van der Waals surface area contributed by atoms with E-state index >= 15 is 0 Å². The van der Waals surface area contributed by atoms with Crippen LogP contribution in [-0.4, -0.2) is 42.2 Å². The van der Waals surface area contributed by atoms with Crippen molar-refractivity contribution in [1.29, 1.82) is 5.41 Å². The molecule has 0 atom stereocenters. The van der Waals surface area contributed by atoms with E-state index in [4.69, 9.17) is 11.1 Å². The zero-order chi connectivity index (χ0) is 25.0. The number of amides is 2. The number of hydrogen-bond donors (Lipinski definition) is 3. The molecule has 0 bridgehead atoms. The first-order valence-electron chi connectivity index (χ1n) is 10.9. The van der Waals surface area contributed by atoms with Gasteiger partial charge < -0.3 is 11.1 Å². The number of anilines is 1. The van der Waals surface area contributed by atoms with Crippen LogP contribution < -0.4 is 11.1 Å². The number of nitrogens with zero attached hydrogens (tertiary/aromatic N) is 5. The summed E-state index contributed by atoms with van der Waals surface area (Å²) in [5, 5.41) is 20.1. The Morgan fingerprint density at radius 2 is 1.80 bits per heavy atom. The number of hydrogen-bond acceptors (Lipinski definition) is 9. The van der Waals surface area contributed by atoms with Gasteiger partial charge in [0.1, 0.15) is 5.01 Å². The number of thioether (sulfide) groups is 1. The number of aromatic nitrogens is 4. The van der Waals surface area contributed by atoms with Gasteiger partial charge in [0, 0.05) is 31.2 Å². The highest BCUT2D eigenvalue weighted by Crippen LogP contribution is 2.33. The molecule has 3 heterocycles. The average molecular weight is 511 g/mol. The van der Waals surface area contributed by atoms with E-state index in [1.165, 1.54) is 24.2 Å². The molecule has 0 radical (unpaired) electrons. The molecule has 1 aliphatic carbocycles. The average Bonchev–Trinajstić information content (AvgIpc) is 3.52. The molecule has 182 valence electrons. The third-order valence-corrected chi connectivity index (χ3v) is 6.00. The van der Waals surface area contributed by atoms with Crippen LogP contribution in [0.3, 0.4) is 0 Å². The highest BCUT2D eigenvalue weighted by molar-refractivity contribution is 8.26. The van der Waals surface area contributed by atoms with E-state index in [1.54, 1.807) is 43.8 Å². The summed E-state index contributed by atoms with van der Waals surface area (Å²) in [4.78, 5) is 34.8. The van der Waals surface area contributed by atoms with E-state index in [2.05, 4.69) is 30.5 Å². The second kappa shape index (κ2) is 13.4. The van der Waals surface area contributed by atoms with Crippen LogP contribution in [0.5, 0.6) is 0 Å². The predicted octanol–water partition coefficient (Wildman–Crippen LogP) is 3.26. The Kier molecular flexibility index (Phi) is 9.99. The Morgan fingerprint density at radius 1 is 1.14 bits per heavy atom. The minimum absolute atomic E-state index is 0.0814. The van der Waals surface area contributed by atoms with Crippen molar-refractivity contribution in [2.24, 2.45) is 16.6 Å². The fraction of sp³-hybridized carbons (Fsp3) is 0.304. The molecule has 0 unspecified atom stereocenters. The van der Waals surface area contributed by atoms with E-state index in [0.717, 1.165) is 40.2 Å². The molecule has 4 N–H and O–H groups in total. The lowest BCUT2D eigenvalue weighted by atomic mass is 10.2. The van der Waals surface area contributed by atoms with Gasteiger partial charge in [-0.2, -0.15) is 4.99 Å². The topological polar surface area (TPSA) is 160 Å². The summed E-state index contributed by atoms with van der Waals surface area (Å²) >= 11 is 2.44. The van der Waals surface area contributed by atoms with E-state index in [9.17, 15) is 9.59 Å². The third kappa shape index (κ3) is 10.5. The normalized spacial score (nSPS) is 12.9. The Balaban J connectivity index is 0.000000199. The molecule has 1 saturated carbocycles. The number of carbonyl (C=O) groups excluding carboxylic acids is 2. The molecular formula is C23H26N8O2S2. The van der Waals surface area contributed by atoms with E-state index in [1.807, 2.05) is 12.1 Å². The van der Waals surface area contributed by atoms with Crippen molar-refractivity contribution in [1.82, 2.24) is 20.2 Å². The first kappa shape index (κ1) is 26.1. The van der Waals surface area contributed by atoms with E-state index in [0.29, 0.717) is 16.6 Å². The molecular weight excluding hydrogens is 484 g/mol. The minimum Gasteiger partial charge on any atom is -0.378 e. The predicted molar refractivity (Wildman–Crippen MR) is 138 cm³/mol. The zero-order valence-electron chi connectivity index (χ0n) is 19.2. The summed E-state index contributed by atoms with van der Waals surface area (Å²) in [6, 6.07) is 7.25. The summed E-state index contributed by atoms with van der Waals surface area (Å²) in [7, 11) is 0. The number of carbonyl (C=O) groups is 2. The van der Waals surface area contributed by atoms with Crippen LogP contribution in [0.4, 0.5) is 5.13 Å². The van der Waals surface area contributed by atoms with Gasteiger partial charge in [0.15, 0.2) is 5.17 Å². The lowest BCUT2D eigenvalue weighted by Gasteiger charge is -2.00. The summed E-state index contributed by atoms with van der Waals surface area (Å²) in [5.41, 5.74) is 7.15. The Morgan fingerprint density at radius 3 is 2.37 bits per heavy atom. The number of rotatable bonds is 7. The summed E-state index contributed by atoms with van der Waals surface area (Å²) in [5.74, 6) is 0.369. The Labute approximate surface area is 211 Å². The molecule has 1 aliphatic rings. The maximum absolute atomic E-state index is 11.8. The van der Waals surface area contributed by atoms with Crippen LogP contribution in [0.1, 0.15) is 35.9 Å². The molecule has 0 aliphatic heterocycles. The lowest BCUT2D eigenvalue weighted by molar-refractivity contribution is -0.117. The minimum atomic E-state index is -0.334. The molecule has 0 spiro atoms. The Hall–Kier alpha value is -3.51. The van der Waals surface area contributed by atoms with Crippen molar-refractivity contribution in [3.63, 3.8) is 0 Å². The summed E-state index contributed by atoms with van der Waals surface area (Å²) in [6.45, 7) is 1.58. The summed E-state index contributed by atoms with van der Waals surface area (Å²) < 4.78 is 0. The molecule has 0 saturated heterocycles. The van der Waals surface area contributed by atoms with Crippen LogP contribution in [-0.2, 0) is 28.9 Å². The standard InChI is InChI=1S/C13H14N4OS.C10H12N4OS/c18-11(6-10-2-1-5-14-8-10)15-13-17-16-12(19-13)7-9-3-4-9;1-7(11)16-10(12)14-9(15)5-8-3-2-4-13-6-8/h1-2,5,8-9H,3-4,6-7H2,(H,15,17,18);2-4,6,11H,5H2,1H3,(H2,12,14,15). The molecule has 2 amide bonds. The lowest BCUT2D eigenvalue weighted by Crippen LogP contribution is -2.14. The van der Waals surface area contributed by atoms with Gasteiger partial charge in [-0.1, -0.05) is 23.5 Å². The SMILES string of the molecule is CC(=N)SC(N)=NC(=O)Cc1cccnc1.O=C(Cc1cccnc1)Nc1nnc(CC2CC2)s1. The van der Waals surface area contributed by atoms with Crippen LogP contribution in [0, 0.1) is 11.3 Å². The third-order valence-electron chi connectivity index (χ3n) is 4.53. The largest absolute Gasteiger partial charge is 0.378 e. The first-order valence-corrected chi connectivity index (χ1v) is 12.5. The van der Waals surface area contributed by atoms with E-state index < -0.39 is 0 Å². The molecule has 10 nitrogen and oxygen atoms in total. The van der Waals surface area contributed by atoms with Crippen molar-refractivity contribution in [3.8, 4) is 0 Å². The van der Waals surface area contributed by atoms with Gasteiger partial charge in [0.25, 0.3) is 5.91 Å². The van der Waals surface area contributed by atoms with Gasteiger partial charge in [-0.15, -0.1) is 10.2 Å². The zero-order valence-corrected chi connectivity index (χ0v) is 20.8. The van der Waals surface area contributed by atoms with Crippen molar-refractivity contribution in [3.05, 3.63) is 65.2 Å². The van der Waals surface area contributed by atoms with Crippen LogP contribution in [0.15, 0.2) is 54.0 Å². The molecule has 3 aromatic rings. The van der Waals surface area contributed by atoms with Crippen LogP contribution >= 0.6 is 23.1 Å².